The number of ether oxygens (including phenoxy) is 2. The van der Waals surface area contributed by atoms with E-state index >= 15 is 0 Å². The van der Waals surface area contributed by atoms with Crippen molar-refractivity contribution in [3.05, 3.63) is 29.6 Å². The zero-order chi connectivity index (χ0) is 16.0. The van der Waals surface area contributed by atoms with E-state index in [2.05, 4.69) is 4.74 Å². The predicted octanol–water partition coefficient (Wildman–Crippen LogP) is 2.65. The summed E-state index contributed by atoms with van der Waals surface area (Å²) in [5.41, 5.74) is 0.394. The zero-order valence-corrected chi connectivity index (χ0v) is 11.2. The second-order valence-electron chi connectivity index (χ2n) is 4.40. The highest BCUT2D eigenvalue weighted by atomic mass is 19.3. The van der Waals surface area contributed by atoms with Gasteiger partial charge >= 0.3 is 12.3 Å². The van der Waals surface area contributed by atoms with Crippen LogP contribution in [-0.2, 0) is 11.2 Å². The van der Waals surface area contributed by atoms with E-state index in [-0.39, 0.29) is 12.2 Å². The molecule has 1 atom stereocenters. The van der Waals surface area contributed by atoms with E-state index in [0.717, 1.165) is 6.07 Å². The van der Waals surface area contributed by atoms with Gasteiger partial charge in [-0.1, -0.05) is 6.07 Å². The van der Waals surface area contributed by atoms with Crippen molar-refractivity contribution in [1.29, 1.82) is 0 Å². The molecule has 0 radical (unpaired) electrons. The van der Waals surface area contributed by atoms with E-state index in [1.807, 2.05) is 0 Å². The SMILES string of the molecule is COc1ccc(CC(O)COCC(F)(F)C(F)F)cc1F. The van der Waals surface area contributed by atoms with Gasteiger partial charge in [0.15, 0.2) is 11.6 Å². The third kappa shape index (κ3) is 5.47. The summed E-state index contributed by atoms with van der Waals surface area (Å²) < 4.78 is 71.2. The number of aliphatic hydroxyl groups is 1. The summed E-state index contributed by atoms with van der Waals surface area (Å²) in [5, 5.41) is 9.54. The summed E-state index contributed by atoms with van der Waals surface area (Å²) in [4.78, 5) is 0. The van der Waals surface area contributed by atoms with Gasteiger partial charge in [-0.05, 0) is 17.7 Å². The first-order valence-corrected chi connectivity index (χ1v) is 6.00. The molecular weight excluding hydrogens is 299 g/mol. The van der Waals surface area contributed by atoms with Crippen molar-refractivity contribution in [2.75, 3.05) is 20.3 Å². The van der Waals surface area contributed by atoms with Gasteiger partial charge in [-0.15, -0.1) is 0 Å². The van der Waals surface area contributed by atoms with Crippen molar-refractivity contribution in [3.63, 3.8) is 0 Å². The number of rotatable bonds is 8. The van der Waals surface area contributed by atoms with Crippen molar-refractivity contribution >= 4 is 0 Å². The molecule has 1 rings (SSSR count). The van der Waals surface area contributed by atoms with Crippen molar-refractivity contribution in [3.8, 4) is 5.75 Å². The maximum atomic E-state index is 13.4. The molecule has 0 saturated carbocycles. The van der Waals surface area contributed by atoms with Gasteiger partial charge < -0.3 is 14.6 Å². The number of aliphatic hydroxyl groups excluding tert-OH is 1. The minimum Gasteiger partial charge on any atom is -0.494 e. The van der Waals surface area contributed by atoms with Gasteiger partial charge in [0, 0.05) is 6.42 Å². The summed E-state index contributed by atoms with van der Waals surface area (Å²) in [6, 6.07) is 3.96. The second kappa shape index (κ2) is 7.56. The lowest BCUT2D eigenvalue weighted by Gasteiger charge is -2.17. The fourth-order valence-electron chi connectivity index (χ4n) is 1.56. The molecule has 0 bridgehead atoms. The van der Waals surface area contributed by atoms with Gasteiger partial charge in [0.25, 0.3) is 0 Å². The maximum absolute atomic E-state index is 13.4. The third-order valence-electron chi connectivity index (χ3n) is 2.61. The molecule has 0 heterocycles. The van der Waals surface area contributed by atoms with Crippen molar-refractivity contribution in [1.82, 2.24) is 0 Å². The average molecular weight is 314 g/mol. The van der Waals surface area contributed by atoms with Crippen LogP contribution in [0.15, 0.2) is 18.2 Å². The first-order chi connectivity index (χ1) is 9.76. The maximum Gasteiger partial charge on any atom is 0.330 e. The smallest absolute Gasteiger partial charge is 0.330 e. The van der Waals surface area contributed by atoms with Gasteiger partial charge in [-0.25, -0.2) is 13.2 Å². The molecule has 120 valence electrons. The van der Waals surface area contributed by atoms with E-state index in [1.165, 1.54) is 19.2 Å². The molecule has 1 aromatic rings. The normalized spacial score (nSPS) is 13.5. The van der Waals surface area contributed by atoms with Crippen LogP contribution < -0.4 is 4.74 Å². The van der Waals surface area contributed by atoms with Crippen LogP contribution in [-0.4, -0.2) is 43.9 Å². The predicted molar refractivity (Wildman–Crippen MR) is 64.4 cm³/mol. The van der Waals surface area contributed by atoms with Gasteiger partial charge in [0.05, 0.1) is 19.8 Å². The fourth-order valence-corrected chi connectivity index (χ4v) is 1.56. The topological polar surface area (TPSA) is 38.7 Å². The zero-order valence-electron chi connectivity index (χ0n) is 11.2. The second-order valence-corrected chi connectivity index (χ2v) is 4.40. The molecule has 0 aliphatic rings. The van der Waals surface area contributed by atoms with Crippen molar-refractivity contribution in [2.45, 2.75) is 24.9 Å². The van der Waals surface area contributed by atoms with E-state index in [4.69, 9.17) is 4.74 Å². The lowest BCUT2D eigenvalue weighted by atomic mass is 10.1. The monoisotopic (exact) mass is 314 g/mol. The Balaban J connectivity index is 2.44. The molecule has 1 N–H and O–H groups in total. The Bertz CT molecular complexity index is 453. The molecule has 0 aliphatic carbocycles. The quantitative estimate of drug-likeness (QED) is 0.750. The summed E-state index contributed by atoms with van der Waals surface area (Å²) in [7, 11) is 1.30. The van der Waals surface area contributed by atoms with Gasteiger partial charge in [0.2, 0.25) is 0 Å². The van der Waals surface area contributed by atoms with Gasteiger partial charge in [-0.2, -0.15) is 8.78 Å². The van der Waals surface area contributed by atoms with Crippen molar-refractivity contribution < 1.29 is 36.5 Å². The third-order valence-corrected chi connectivity index (χ3v) is 2.61. The van der Waals surface area contributed by atoms with E-state index in [0.29, 0.717) is 5.56 Å². The number of benzene rings is 1. The minimum absolute atomic E-state index is 0.0288. The number of alkyl halides is 4. The molecule has 3 nitrogen and oxygen atoms in total. The van der Waals surface area contributed by atoms with Crippen LogP contribution in [0.3, 0.4) is 0 Å². The number of hydrogen-bond donors (Lipinski definition) is 1. The Morgan fingerprint density at radius 2 is 1.95 bits per heavy atom. The molecule has 1 aromatic carbocycles. The van der Waals surface area contributed by atoms with E-state index in [1.54, 1.807) is 0 Å². The highest BCUT2D eigenvalue weighted by Crippen LogP contribution is 2.23. The number of methoxy groups -OCH3 is 1. The highest BCUT2D eigenvalue weighted by molar-refractivity contribution is 5.29. The molecule has 0 fully saturated rings. The largest absolute Gasteiger partial charge is 0.494 e. The summed E-state index contributed by atoms with van der Waals surface area (Å²) in [5.74, 6) is -4.86. The summed E-state index contributed by atoms with van der Waals surface area (Å²) >= 11 is 0. The molecule has 21 heavy (non-hydrogen) atoms. The Morgan fingerprint density at radius 1 is 1.29 bits per heavy atom. The molecule has 1 unspecified atom stereocenters. The standard InChI is InChI=1S/C13H15F5O3/c1-20-11-3-2-8(5-10(11)14)4-9(19)6-21-7-13(17,18)12(15)16/h2-3,5,9,12,19H,4,6-7H2,1H3. The highest BCUT2D eigenvalue weighted by Gasteiger charge is 2.41. The summed E-state index contributed by atoms with van der Waals surface area (Å²) in [6.07, 6.45) is -5.11. The first-order valence-electron chi connectivity index (χ1n) is 6.00. The molecule has 0 aromatic heterocycles. The van der Waals surface area contributed by atoms with Crippen LogP contribution in [0.1, 0.15) is 5.56 Å². The van der Waals surface area contributed by atoms with Crippen molar-refractivity contribution in [2.24, 2.45) is 0 Å². The van der Waals surface area contributed by atoms with Crippen LogP contribution in [0.2, 0.25) is 0 Å². The average Bonchev–Trinajstić information content (AvgIpc) is 2.38. The molecule has 8 heteroatoms. The van der Waals surface area contributed by atoms with Crippen LogP contribution in [0.5, 0.6) is 5.75 Å². The van der Waals surface area contributed by atoms with Gasteiger partial charge in [-0.3, -0.25) is 0 Å². The molecular formula is C13H15F5O3. The molecule has 0 aliphatic heterocycles. The Kier molecular flexibility index (Phi) is 6.35. The Labute approximate surface area is 118 Å². The van der Waals surface area contributed by atoms with E-state index < -0.39 is 37.5 Å². The molecule has 0 spiro atoms. The number of hydrogen-bond acceptors (Lipinski definition) is 3. The van der Waals surface area contributed by atoms with Crippen LogP contribution in [0.4, 0.5) is 22.0 Å². The lowest BCUT2D eigenvalue weighted by Crippen LogP contribution is -2.34. The molecule has 0 saturated heterocycles. The van der Waals surface area contributed by atoms with Crippen LogP contribution >= 0.6 is 0 Å². The van der Waals surface area contributed by atoms with Gasteiger partial charge in [0.1, 0.15) is 6.61 Å². The van der Waals surface area contributed by atoms with E-state index in [9.17, 15) is 27.1 Å². The minimum atomic E-state index is -4.26. The Morgan fingerprint density at radius 3 is 2.48 bits per heavy atom. The lowest BCUT2D eigenvalue weighted by molar-refractivity contribution is -0.170. The summed E-state index contributed by atoms with van der Waals surface area (Å²) in [6.45, 7) is -2.05. The van der Waals surface area contributed by atoms with Crippen LogP contribution in [0.25, 0.3) is 0 Å². The molecule has 0 amide bonds. The first kappa shape index (κ1) is 17.6. The fraction of sp³-hybridized carbons (Fsp3) is 0.538. The number of halogens is 5. The van der Waals surface area contributed by atoms with Crippen LogP contribution in [0, 0.1) is 5.82 Å². The Hall–Kier alpha value is -1.41.